The lowest BCUT2D eigenvalue weighted by Gasteiger charge is -1.99. The molecular formula is C10H13N7S. The Morgan fingerprint density at radius 3 is 2.94 bits per heavy atom. The molecule has 0 radical (unpaired) electrons. The minimum Gasteiger partial charge on any atom is -0.374 e. The quantitative estimate of drug-likeness (QED) is 0.770. The molecule has 0 bridgehead atoms. The number of rotatable bonds is 3. The average molecular weight is 263 g/mol. The number of aromatic nitrogens is 6. The zero-order valence-electron chi connectivity index (χ0n) is 10.2. The van der Waals surface area contributed by atoms with Crippen LogP contribution in [0.15, 0.2) is 6.07 Å². The smallest absolute Gasteiger partial charge is 0.236 e. The molecule has 0 amide bonds. The minimum atomic E-state index is 0.478. The van der Waals surface area contributed by atoms with Crippen LogP contribution >= 0.6 is 11.3 Å². The van der Waals surface area contributed by atoms with Gasteiger partial charge in [0, 0.05) is 12.2 Å². The van der Waals surface area contributed by atoms with Crippen LogP contribution in [0, 0.1) is 6.92 Å². The highest BCUT2D eigenvalue weighted by Crippen LogP contribution is 2.22. The third-order valence-electron chi connectivity index (χ3n) is 2.65. The molecule has 2 N–H and O–H groups in total. The second kappa shape index (κ2) is 4.05. The Morgan fingerprint density at radius 2 is 2.17 bits per heavy atom. The molecule has 8 heteroatoms. The van der Waals surface area contributed by atoms with E-state index in [0.29, 0.717) is 15.9 Å². The molecule has 0 unspecified atom stereocenters. The van der Waals surface area contributed by atoms with Crippen molar-refractivity contribution in [3.8, 4) is 11.5 Å². The van der Waals surface area contributed by atoms with Gasteiger partial charge in [-0.2, -0.15) is 9.61 Å². The van der Waals surface area contributed by atoms with E-state index in [1.165, 1.54) is 11.3 Å². The van der Waals surface area contributed by atoms with Crippen LogP contribution in [0.25, 0.3) is 16.5 Å². The predicted octanol–water partition coefficient (Wildman–Crippen LogP) is 1.35. The summed E-state index contributed by atoms with van der Waals surface area (Å²) < 4.78 is 3.60. The molecule has 0 fully saturated rings. The van der Waals surface area contributed by atoms with Gasteiger partial charge in [0.1, 0.15) is 5.69 Å². The Morgan fingerprint density at radius 1 is 1.33 bits per heavy atom. The van der Waals surface area contributed by atoms with Crippen LogP contribution in [-0.2, 0) is 6.54 Å². The zero-order valence-corrected chi connectivity index (χ0v) is 11.0. The van der Waals surface area contributed by atoms with E-state index in [1.807, 2.05) is 17.7 Å². The first-order valence-electron chi connectivity index (χ1n) is 5.71. The van der Waals surface area contributed by atoms with Crippen LogP contribution < -0.4 is 5.73 Å². The van der Waals surface area contributed by atoms with Crippen molar-refractivity contribution in [3.05, 3.63) is 11.8 Å². The van der Waals surface area contributed by atoms with E-state index in [4.69, 9.17) is 5.73 Å². The fraction of sp³-hybridized carbons (Fsp3) is 0.400. The number of nitrogens with two attached hydrogens (primary N) is 1. The highest BCUT2D eigenvalue weighted by Gasteiger charge is 2.15. The molecule has 3 aromatic rings. The lowest BCUT2D eigenvalue weighted by Crippen LogP contribution is -2.01. The van der Waals surface area contributed by atoms with Crippen molar-refractivity contribution in [1.29, 1.82) is 0 Å². The molecule has 3 aromatic heterocycles. The fourth-order valence-electron chi connectivity index (χ4n) is 1.85. The van der Waals surface area contributed by atoms with Gasteiger partial charge in [0.25, 0.3) is 0 Å². The van der Waals surface area contributed by atoms with E-state index in [9.17, 15) is 0 Å². The van der Waals surface area contributed by atoms with E-state index >= 15 is 0 Å². The second-order valence-corrected chi connectivity index (χ2v) is 5.04. The molecule has 0 aliphatic heterocycles. The van der Waals surface area contributed by atoms with Crippen LogP contribution in [0.1, 0.15) is 19.0 Å². The van der Waals surface area contributed by atoms with Crippen LogP contribution in [-0.4, -0.2) is 29.6 Å². The van der Waals surface area contributed by atoms with E-state index < -0.39 is 0 Å². The van der Waals surface area contributed by atoms with Gasteiger partial charge in [-0.05, 0) is 19.4 Å². The van der Waals surface area contributed by atoms with Crippen molar-refractivity contribution >= 4 is 21.4 Å². The lowest BCUT2D eigenvalue weighted by atomic mass is 10.3. The minimum absolute atomic E-state index is 0.478. The summed E-state index contributed by atoms with van der Waals surface area (Å²) in [5.74, 6) is 0.635. The van der Waals surface area contributed by atoms with E-state index in [2.05, 4.69) is 27.3 Å². The largest absolute Gasteiger partial charge is 0.374 e. The summed E-state index contributed by atoms with van der Waals surface area (Å²) in [5, 5.41) is 17.3. The van der Waals surface area contributed by atoms with Gasteiger partial charge in [0.05, 0.1) is 0 Å². The summed E-state index contributed by atoms with van der Waals surface area (Å²) in [6.07, 6.45) is 1.04. The van der Waals surface area contributed by atoms with Crippen LogP contribution in [0.5, 0.6) is 0 Å². The maximum Gasteiger partial charge on any atom is 0.236 e. The highest BCUT2D eigenvalue weighted by atomic mass is 32.1. The van der Waals surface area contributed by atoms with Gasteiger partial charge in [-0.25, -0.2) is 0 Å². The van der Waals surface area contributed by atoms with Crippen molar-refractivity contribution in [1.82, 2.24) is 29.6 Å². The summed E-state index contributed by atoms with van der Waals surface area (Å²) in [6.45, 7) is 5.05. The van der Waals surface area contributed by atoms with Crippen LogP contribution in [0.3, 0.4) is 0 Å². The second-order valence-electron chi connectivity index (χ2n) is 4.05. The third kappa shape index (κ3) is 1.65. The number of nitrogen functional groups attached to an aromatic ring is 1. The van der Waals surface area contributed by atoms with Gasteiger partial charge < -0.3 is 5.73 Å². The Bertz CT molecular complexity index is 692. The Kier molecular flexibility index (Phi) is 2.51. The maximum atomic E-state index is 5.66. The number of fused-ring (bicyclic) bond motifs is 1. The summed E-state index contributed by atoms with van der Waals surface area (Å²) in [6, 6.07) is 1.99. The Labute approximate surface area is 107 Å². The molecule has 0 atom stereocenters. The van der Waals surface area contributed by atoms with E-state index in [-0.39, 0.29) is 0 Å². The monoisotopic (exact) mass is 263 g/mol. The summed E-state index contributed by atoms with van der Waals surface area (Å²) in [5.41, 5.74) is 7.54. The zero-order chi connectivity index (χ0) is 12.7. The maximum absolute atomic E-state index is 5.66. The highest BCUT2D eigenvalue weighted by molar-refractivity contribution is 7.20. The molecule has 18 heavy (non-hydrogen) atoms. The SMILES string of the molecule is CCCn1nc(-c2nnc3sc(N)nn23)cc1C. The molecule has 3 rings (SSSR count). The van der Waals surface area contributed by atoms with E-state index in [1.54, 1.807) is 4.52 Å². The molecule has 3 heterocycles. The van der Waals surface area contributed by atoms with E-state index in [0.717, 1.165) is 24.4 Å². The molecule has 0 aliphatic rings. The molecule has 0 saturated heterocycles. The van der Waals surface area contributed by atoms with Crippen molar-refractivity contribution < 1.29 is 0 Å². The van der Waals surface area contributed by atoms with Gasteiger partial charge in [0.15, 0.2) is 0 Å². The number of hydrogen-bond donors (Lipinski definition) is 1. The molecule has 0 aromatic carbocycles. The van der Waals surface area contributed by atoms with Crippen molar-refractivity contribution in [3.63, 3.8) is 0 Å². The summed E-state index contributed by atoms with van der Waals surface area (Å²) >= 11 is 1.31. The topological polar surface area (TPSA) is 86.9 Å². The number of hydrogen-bond acceptors (Lipinski definition) is 6. The number of aryl methyl sites for hydroxylation is 2. The van der Waals surface area contributed by atoms with Gasteiger partial charge in [0.2, 0.25) is 15.9 Å². The first-order chi connectivity index (χ1) is 8.69. The summed E-state index contributed by atoms with van der Waals surface area (Å²) in [7, 11) is 0. The molecule has 0 spiro atoms. The standard InChI is InChI=1S/C10H13N7S/c1-3-4-16-6(2)5-7(14-16)8-12-13-10-17(8)15-9(11)18-10/h5H,3-4H2,1-2H3,(H2,11,15). The predicted molar refractivity (Wildman–Crippen MR) is 69.3 cm³/mol. The van der Waals surface area contributed by atoms with Crippen molar-refractivity contribution in [2.24, 2.45) is 0 Å². The van der Waals surface area contributed by atoms with Crippen molar-refractivity contribution in [2.45, 2.75) is 26.8 Å². The molecule has 0 saturated carbocycles. The first kappa shape index (κ1) is 11.1. The average Bonchev–Trinajstić information content (AvgIpc) is 2.94. The Hall–Kier alpha value is -1.96. The van der Waals surface area contributed by atoms with Gasteiger partial charge in [-0.3, -0.25) is 4.68 Å². The van der Waals surface area contributed by atoms with Crippen LogP contribution in [0.4, 0.5) is 5.13 Å². The number of nitrogens with zero attached hydrogens (tertiary/aromatic N) is 6. The van der Waals surface area contributed by atoms with Crippen LogP contribution in [0.2, 0.25) is 0 Å². The van der Waals surface area contributed by atoms with Gasteiger partial charge in [-0.15, -0.1) is 15.3 Å². The van der Waals surface area contributed by atoms with Gasteiger partial charge >= 0.3 is 0 Å². The summed E-state index contributed by atoms with van der Waals surface area (Å²) in [4.78, 5) is 0.685. The molecule has 0 aliphatic carbocycles. The third-order valence-corrected chi connectivity index (χ3v) is 3.38. The number of anilines is 1. The van der Waals surface area contributed by atoms with Crippen molar-refractivity contribution in [2.75, 3.05) is 5.73 Å². The molecular weight excluding hydrogens is 250 g/mol. The first-order valence-corrected chi connectivity index (χ1v) is 6.53. The molecule has 94 valence electrons. The lowest BCUT2D eigenvalue weighted by molar-refractivity contribution is 0.588. The fourth-order valence-corrected chi connectivity index (χ4v) is 2.45. The molecule has 7 nitrogen and oxygen atoms in total. The normalized spacial score (nSPS) is 11.4. The van der Waals surface area contributed by atoms with Gasteiger partial charge in [-0.1, -0.05) is 18.3 Å². The Balaban J connectivity index is 2.10.